The number of ketones is 1. The SMILES string of the molecule is CC(=O)c1ccc(S(=O)(=O)N2CCC(C(=O)Nc3cccc(OC4CCCC4)c3)CC2)cc1. The van der Waals surface area contributed by atoms with Crippen molar-refractivity contribution in [1.29, 1.82) is 0 Å². The number of anilines is 1. The Morgan fingerprint density at radius 2 is 1.64 bits per heavy atom. The smallest absolute Gasteiger partial charge is 0.243 e. The van der Waals surface area contributed by atoms with Gasteiger partial charge in [-0.25, -0.2) is 8.42 Å². The molecule has 0 spiro atoms. The lowest BCUT2D eigenvalue weighted by molar-refractivity contribution is -0.120. The minimum atomic E-state index is -3.66. The topological polar surface area (TPSA) is 92.8 Å². The van der Waals surface area contributed by atoms with Crippen molar-refractivity contribution in [2.75, 3.05) is 18.4 Å². The van der Waals surface area contributed by atoms with E-state index in [0.717, 1.165) is 18.6 Å². The fourth-order valence-corrected chi connectivity index (χ4v) is 5.93. The third-order valence-electron chi connectivity index (χ3n) is 6.43. The van der Waals surface area contributed by atoms with Crippen molar-refractivity contribution in [2.45, 2.75) is 56.4 Å². The molecule has 1 heterocycles. The standard InChI is InChI=1S/C25H30N2O5S/c1-18(28)19-9-11-24(12-10-19)33(30,31)27-15-13-20(14-16-27)25(29)26-21-5-4-8-23(17-21)32-22-6-2-3-7-22/h4-5,8-12,17,20,22H,2-3,6-7,13-16H2,1H3,(H,26,29). The Kier molecular flexibility index (Phi) is 7.14. The van der Waals surface area contributed by atoms with Crippen LogP contribution in [-0.2, 0) is 14.8 Å². The molecule has 1 amide bonds. The van der Waals surface area contributed by atoms with E-state index in [2.05, 4.69) is 5.32 Å². The number of carbonyl (C=O) groups excluding carboxylic acids is 2. The number of carbonyl (C=O) groups is 2. The summed E-state index contributed by atoms with van der Waals surface area (Å²) >= 11 is 0. The normalized spacial score (nSPS) is 18.2. The highest BCUT2D eigenvalue weighted by Gasteiger charge is 2.32. The number of ether oxygens (including phenoxy) is 1. The molecule has 33 heavy (non-hydrogen) atoms. The number of amides is 1. The highest BCUT2D eigenvalue weighted by atomic mass is 32.2. The van der Waals surface area contributed by atoms with Crippen LogP contribution < -0.4 is 10.1 Å². The summed E-state index contributed by atoms with van der Waals surface area (Å²) in [7, 11) is -3.66. The molecule has 1 aliphatic heterocycles. The fourth-order valence-electron chi connectivity index (χ4n) is 4.46. The summed E-state index contributed by atoms with van der Waals surface area (Å²) in [5, 5.41) is 2.96. The highest BCUT2D eigenvalue weighted by Crippen LogP contribution is 2.28. The van der Waals surface area contributed by atoms with Gasteiger partial charge in [0.25, 0.3) is 0 Å². The zero-order valence-electron chi connectivity index (χ0n) is 18.8. The van der Waals surface area contributed by atoms with Gasteiger partial charge in [-0.15, -0.1) is 0 Å². The second kappa shape index (κ2) is 10.1. The van der Waals surface area contributed by atoms with Gasteiger partial charge in [-0.05, 0) is 69.7 Å². The predicted molar refractivity (Wildman–Crippen MR) is 126 cm³/mol. The van der Waals surface area contributed by atoms with Crippen LogP contribution in [0.2, 0.25) is 0 Å². The lowest BCUT2D eigenvalue weighted by atomic mass is 9.97. The van der Waals surface area contributed by atoms with Gasteiger partial charge in [0, 0.05) is 36.3 Å². The fraction of sp³-hybridized carbons (Fsp3) is 0.440. The molecule has 7 nitrogen and oxygen atoms in total. The van der Waals surface area contributed by atoms with Crippen LogP contribution >= 0.6 is 0 Å². The summed E-state index contributed by atoms with van der Waals surface area (Å²) < 4.78 is 33.3. The molecule has 1 saturated heterocycles. The molecule has 176 valence electrons. The molecule has 2 aromatic rings. The molecular formula is C25H30N2O5S. The molecule has 4 rings (SSSR count). The molecule has 2 aliphatic rings. The number of hydrogen-bond acceptors (Lipinski definition) is 5. The van der Waals surface area contributed by atoms with E-state index < -0.39 is 10.0 Å². The Bertz CT molecular complexity index is 1100. The molecular weight excluding hydrogens is 440 g/mol. The van der Waals surface area contributed by atoms with Crippen molar-refractivity contribution in [2.24, 2.45) is 5.92 Å². The van der Waals surface area contributed by atoms with E-state index >= 15 is 0 Å². The maximum atomic E-state index is 12.9. The first kappa shape index (κ1) is 23.4. The molecule has 1 N–H and O–H groups in total. The van der Waals surface area contributed by atoms with E-state index in [1.54, 1.807) is 0 Å². The maximum Gasteiger partial charge on any atom is 0.243 e. The van der Waals surface area contributed by atoms with Crippen LogP contribution in [0.1, 0.15) is 55.8 Å². The zero-order chi connectivity index (χ0) is 23.4. The van der Waals surface area contributed by atoms with E-state index in [-0.39, 0.29) is 41.7 Å². The largest absolute Gasteiger partial charge is 0.490 e. The summed E-state index contributed by atoms with van der Waals surface area (Å²) in [6.07, 6.45) is 5.68. The molecule has 0 radical (unpaired) electrons. The van der Waals surface area contributed by atoms with Gasteiger partial charge in [0.05, 0.1) is 11.0 Å². The summed E-state index contributed by atoms with van der Waals surface area (Å²) in [6.45, 7) is 2.00. The second-order valence-corrected chi connectivity index (χ2v) is 10.7. The first-order valence-electron chi connectivity index (χ1n) is 11.5. The minimum absolute atomic E-state index is 0.101. The van der Waals surface area contributed by atoms with Crippen LogP contribution in [0, 0.1) is 5.92 Å². The van der Waals surface area contributed by atoms with Crippen LogP contribution in [0.3, 0.4) is 0 Å². The van der Waals surface area contributed by atoms with Gasteiger partial charge in [0.15, 0.2) is 5.78 Å². The van der Waals surface area contributed by atoms with Gasteiger partial charge in [-0.2, -0.15) is 4.31 Å². The number of piperidine rings is 1. The first-order chi connectivity index (χ1) is 15.8. The van der Waals surface area contributed by atoms with Crippen LogP contribution in [0.15, 0.2) is 53.4 Å². The van der Waals surface area contributed by atoms with E-state index in [1.165, 1.54) is 48.3 Å². The number of nitrogens with one attached hydrogen (secondary N) is 1. The number of rotatable bonds is 7. The van der Waals surface area contributed by atoms with Crippen molar-refractivity contribution in [3.8, 4) is 5.75 Å². The monoisotopic (exact) mass is 470 g/mol. The van der Waals surface area contributed by atoms with Gasteiger partial charge in [-0.1, -0.05) is 18.2 Å². The summed E-state index contributed by atoms with van der Waals surface area (Å²) in [4.78, 5) is 24.4. The number of sulfonamides is 1. The third-order valence-corrected chi connectivity index (χ3v) is 8.34. The van der Waals surface area contributed by atoms with Crippen LogP contribution in [0.4, 0.5) is 5.69 Å². The third kappa shape index (κ3) is 5.62. The highest BCUT2D eigenvalue weighted by molar-refractivity contribution is 7.89. The maximum absolute atomic E-state index is 12.9. The van der Waals surface area contributed by atoms with Crippen LogP contribution in [0.25, 0.3) is 0 Å². The van der Waals surface area contributed by atoms with Gasteiger partial charge in [0.1, 0.15) is 5.75 Å². The lowest BCUT2D eigenvalue weighted by Crippen LogP contribution is -2.41. The quantitative estimate of drug-likeness (QED) is 0.611. The molecule has 0 unspecified atom stereocenters. The van der Waals surface area contributed by atoms with Gasteiger partial charge >= 0.3 is 0 Å². The molecule has 0 bridgehead atoms. The molecule has 2 aromatic carbocycles. The van der Waals surface area contributed by atoms with Crippen molar-refractivity contribution < 1.29 is 22.7 Å². The molecule has 1 aliphatic carbocycles. The number of nitrogens with zero attached hydrogens (tertiary/aromatic N) is 1. The van der Waals surface area contributed by atoms with Crippen molar-refractivity contribution in [1.82, 2.24) is 4.31 Å². The zero-order valence-corrected chi connectivity index (χ0v) is 19.6. The van der Waals surface area contributed by atoms with E-state index in [9.17, 15) is 18.0 Å². The van der Waals surface area contributed by atoms with E-state index in [0.29, 0.717) is 24.1 Å². The van der Waals surface area contributed by atoms with Crippen molar-refractivity contribution >= 4 is 27.4 Å². The minimum Gasteiger partial charge on any atom is -0.490 e. The number of Topliss-reactive ketones (excluding diaryl/α,β-unsaturated/α-hetero) is 1. The van der Waals surface area contributed by atoms with Crippen LogP contribution in [0.5, 0.6) is 5.75 Å². The van der Waals surface area contributed by atoms with Crippen LogP contribution in [-0.4, -0.2) is 43.6 Å². The lowest BCUT2D eigenvalue weighted by Gasteiger charge is -2.30. The summed E-state index contributed by atoms with van der Waals surface area (Å²) in [6, 6.07) is 13.4. The Balaban J connectivity index is 1.33. The number of hydrogen-bond donors (Lipinski definition) is 1. The Morgan fingerprint density at radius 3 is 2.27 bits per heavy atom. The average molecular weight is 471 g/mol. The summed E-state index contributed by atoms with van der Waals surface area (Å²) in [5.74, 6) is 0.296. The van der Waals surface area contributed by atoms with E-state index in [4.69, 9.17) is 4.74 Å². The molecule has 0 aromatic heterocycles. The molecule has 0 atom stereocenters. The summed E-state index contributed by atoms with van der Waals surface area (Å²) in [5.41, 5.74) is 1.16. The van der Waals surface area contributed by atoms with Gasteiger partial charge in [-0.3, -0.25) is 9.59 Å². The Hall–Kier alpha value is -2.71. The first-order valence-corrected chi connectivity index (χ1v) is 13.0. The number of benzene rings is 2. The van der Waals surface area contributed by atoms with Crippen molar-refractivity contribution in [3.63, 3.8) is 0 Å². The Labute approximate surface area is 195 Å². The molecule has 2 fully saturated rings. The molecule has 1 saturated carbocycles. The van der Waals surface area contributed by atoms with Crippen molar-refractivity contribution in [3.05, 3.63) is 54.1 Å². The average Bonchev–Trinajstić information content (AvgIpc) is 3.32. The van der Waals surface area contributed by atoms with Gasteiger partial charge in [0.2, 0.25) is 15.9 Å². The predicted octanol–water partition coefficient (Wildman–Crippen LogP) is 4.25. The van der Waals surface area contributed by atoms with Gasteiger partial charge < -0.3 is 10.1 Å². The Morgan fingerprint density at radius 1 is 0.970 bits per heavy atom. The second-order valence-electron chi connectivity index (χ2n) is 8.80. The van der Waals surface area contributed by atoms with E-state index in [1.807, 2.05) is 24.3 Å². The molecule has 8 heteroatoms.